The second-order valence-electron chi connectivity index (χ2n) is 7.68. The number of fused-ring (bicyclic) bond motifs is 1. The highest BCUT2D eigenvalue weighted by Gasteiger charge is 2.25. The van der Waals surface area contributed by atoms with Gasteiger partial charge in [0.05, 0.1) is 0 Å². The van der Waals surface area contributed by atoms with Crippen LogP contribution in [0.25, 0.3) is 0 Å². The van der Waals surface area contributed by atoms with E-state index in [1.54, 1.807) is 0 Å². The Morgan fingerprint density at radius 2 is 2.00 bits per heavy atom. The third-order valence-corrected chi connectivity index (χ3v) is 5.79. The van der Waals surface area contributed by atoms with Crippen molar-refractivity contribution in [3.63, 3.8) is 0 Å². The lowest BCUT2D eigenvalue weighted by molar-refractivity contribution is 0.362. The second kappa shape index (κ2) is 9.36. The summed E-state index contributed by atoms with van der Waals surface area (Å²) in [4.78, 5) is 6.88. The van der Waals surface area contributed by atoms with Gasteiger partial charge < -0.3 is 14.8 Å². The predicted octanol–water partition coefficient (Wildman–Crippen LogP) is 3.47. The molecule has 0 saturated heterocycles. The first-order valence-electron chi connectivity index (χ1n) is 9.89. The first kappa shape index (κ1) is 21.9. The van der Waals surface area contributed by atoms with Crippen LogP contribution in [0.3, 0.4) is 0 Å². The van der Waals surface area contributed by atoms with Gasteiger partial charge in [-0.3, -0.25) is 0 Å². The van der Waals surface area contributed by atoms with E-state index in [1.807, 2.05) is 18.5 Å². The molecule has 2 heterocycles. The second-order valence-corrected chi connectivity index (χ2v) is 7.68. The summed E-state index contributed by atoms with van der Waals surface area (Å²) in [7, 11) is 1.92. The van der Waals surface area contributed by atoms with E-state index in [2.05, 4.69) is 20.4 Å². The molecule has 1 N–H and O–H groups in total. The van der Waals surface area contributed by atoms with Crippen LogP contribution in [0.15, 0.2) is 17.1 Å². The van der Waals surface area contributed by atoms with E-state index in [4.69, 9.17) is 4.99 Å². The molecule has 1 saturated carbocycles. The molecular weight excluding hydrogens is 489 g/mol. The Morgan fingerprint density at radius 3 is 2.69 bits per heavy atom. The van der Waals surface area contributed by atoms with E-state index in [-0.39, 0.29) is 24.0 Å². The number of hydrogen-bond acceptors (Lipinski definition) is 3. The first-order chi connectivity index (χ1) is 13.5. The largest absolute Gasteiger partial charge is 0.353 e. The van der Waals surface area contributed by atoms with Crippen molar-refractivity contribution >= 4 is 29.9 Å². The van der Waals surface area contributed by atoms with Gasteiger partial charge in [0.2, 0.25) is 0 Å². The van der Waals surface area contributed by atoms with Crippen molar-refractivity contribution in [2.75, 3.05) is 6.54 Å². The minimum Gasteiger partial charge on any atom is -0.353 e. The molecule has 0 spiro atoms. The highest BCUT2D eigenvalue weighted by atomic mass is 127. The summed E-state index contributed by atoms with van der Waals surface area (Å²) in [5.41, 5.74) is 1.31. The quantitative estimate of drug-likeness (QED) is 0.386. The van der Waals surface area contributed by atoms with Crippen molar-refractivity contribution in [3.8, 4) is 0 Å². The summed E-state index contributed by atoms with van der Waals surface area (Å²) in [5.74, 6) is 1.43. The van der Waals surface area contributed by atoms with Gasteiger partial charge in [-0.15, -0.1) is 34.2 Å². The maximum Gasteiger partial charge on any atom is 0.194 e. The maximum absolute atomic E-state index is 14.1. The number of nitrogens with one attached hydrogen (secondary N) is 1. The molecule has 0 bridgehead atoms. The van der Waals surface area contributed by atoms with Crippen molar-refractivity contribution < 1.29 is 8.78 Å². The summed E-state index contributed by atoms with van der Waals surface area (Å²) in [6.07, 6.45) is 5.21. The SMILES string of the molecule is Cc1nnc(CN=C(NC2CCCC2)N2CCc3c(F)cc(F)cc3C2)n1C.I. The van der Waals surface area contributed by atoms with Crippen LogP contribution < -0.4 is 5.32 Å². The first-order valence-corrected chi connectivity index (χ1v) is 9.89. The van der Waals surface area contributed by atoms with E-state index < -0.39 is 11.6 Å². The molecule has 0 unspecified atom stereocenters. The van der Waals surface area contributed by atoms with Crippen LogP contribution >= 0.6 is 24.0 Å². The van der Waals surface area contributed by atoms with E-state index >= 15 is 0 Å². The molecule has 2 aliphatic rings. The molecule has 9 heteroatoms. The molecule has 0 atom stereocenters. The van der Waals surface area contributed by atoms with E-state index in [1.165, 1.54) is 18.9 Å². The summed E-state index contributed by atoms with van der Waals surface area (Å²) >= 11 is 0. The van der Waals surface area contributed by atoms with Crippen molar-refractivity contribution in [1.82, 2.24) is 25.0 Å². The van der Waals surface area contributed by atoms with Gasteiger partial charge in [-0.25, -0.2) is 13.8 Å². The van der Waals surface area contributed by atoms with Gasteiger partial charge >= 0.3 is 0 Å². The number of rotatable bonds is 3. The van der Waals surface area contributed by atoms with Crippen LogP contribution in [0.2, 0.25) is 0 Å². The minimum absolute atomic E-state index is 0. The molecule has 4 rings (SSSR count). The number of hydrogen-bond donors (Lipinski definition) is 1. The fourth-order valence-electron chi connectivity index (χ4n) is 4.01. The zero-order chi connectivity index (χ0) is 19.7. The number of benzene rings is 1. The Morgan fingerprint density at radius 1 is 1.24 bits per heavy atom. The Hall–Kier alpha value is -1.78. The van der Waals surface area contributed by atoms with Gasteiger partial charge in [0.15, 0.2) is 11.8 Å². The summed E-state index contributed by atoms with van der Waals surface area (Å²) in [5, 5.41) is 11.8. The van der Waals surface area contributed by atoms with Gasteiger partial charge in [-0.05, 0) is 43.4 Å². The maximum atomic E-state index is 14.1. The topological polar surface area (TPSA) is 58.3 Å². The van der Waals surface area contributed by atoms with Crippen molar-refractivity contribution in [2.24, 2.45) is 12.0 Å². The van der Waals surface area contributed by atoms with Gasteiger partial charge in [-0.2, -0.15) is 0 Å². The predicted molar refractivity (Wildman–Crippen MR) is 118 cm³/mol. The van der Waals surface area contributed by atoms with Gasteiger partial charge in [-0.1, -0.05) is 12.8 Å². The molecule has 0 radical (unpaired) electrons. The van der Waals surface area contributed by atoms with Crippen LogP contribution in [0.5, 0.6) is 0 Å². The lowest BCUT2D eigenvalue weighted by atomic mass is 9.99. The van der Waals surface area contributed by atoms with Crippen LogP contribution in [0.1, 0.15) is 48.5 Å². The molecule has 1 aromatic heterocycles. The molecule has 1 aliphatic heterocycles. The zero-order valence-electron chi connectivity index (χ0n) is 16.8. The molecular formula is C20H27F2IN6. The third kappa shape index (κ3) is 4.87. The number of guanidine groups is 1. The average molecular weight is 516 g/mol. The lowest BCUT2D eigenvalue weighted by Gasteiger charge is -2.33. The third-order valence-electron chi connectivity index (χ3n) is 5.79. The van der Waals surface area contributed by atoms with Crippen molar-refractivity contribution in [2.45, 2.75) is 58.2 Å². The number of aryl methyl sites for hydroxylation is 1. The van der Waals surface area contributed by atoms with Crippen LogP contribution in [0, 0.1) is 18.6 Å². The van der Waals surface area contributed by atoms with Crippen LogP contribution in [0.4, 0.5) is 8.78 Å². The van der Waals surface area contributed by atoms with Gasteiger partial charge in [0.25, 0.3) is 0 Å². The van der Waals surface area contributed by atoms with Crippen molar-refractivity contribution in [3.05, 3.63) is 46.5 Å². The number of aromatic nitrogens is 3. The zero-order valence-corrected chi connectivity index (χ0v) is 19.1. The smallest absolute Gasteiger partial charge is 0.194 e. The van der Waals surface area contributed by atoms with Gasteiger partial charge in [0.1, 0.15) is 24.0 Å². The van der Waals surface area contributed by atoms with Crippen LogP contribution in [-0.2, 0) is 26.6 Å². The molecule has 0 amide bonds. The lowest BCUT2D eigenvalue weighted by Crippen LogP contribution is -2.47. The summed E-state index contributed by atoms with van der Waals surface area (Å²) in [6.45, 7) is 3.40. The van der Waals surface area contributed by atoms with E-state index in [0.717, 1.165) is 36.5 Å². The Balaban J connectivity index is 0.00000240. The Bertz CT molecular complexity index is 891. The summed E-state index contributed by atoms with van der Waals surface area (Å²) in [6, 6.07) is 2.80. The Labute approximate surface area is 186 Å². The average Bonchev–Trinajstić information content (AvgIpc) is 3.29. The number of halogens is 3. The molecule has 1 fully saturated rings. The fraction of sp³-hybridized carbons (Fsp3) is 0.550. The highest BCUT2D eigenvalue weighted by Crippen LogP contribution is 2.24. The molecule has 158 valence electrons. The summed E-state index contributed by atoms with van der Waals surface area (Å²) < 4.78 is 29.7. The van der Waals surface area contributed by atoms with E-state index in [0.29, 0.717) is 43.2 Å². The van der Waals surface area contributed by atoms with E-state index in [9.17, 15) is 8.78 Å². The molecule has 2 aromatic rings. The van der Waals surface area contributed by atoms with Crippen LogP contribution in [-0.4, -0.2) is 38.2 Å². The number of nitrogens with zero attached hydrogens (tertiary/aromatic N) is 5. The number of aliphatic imine (C=N–C) groups is 1. The Kier molecular flexibility index (Phi) is 7.07. The fourth-order valence-corrected chi connectivity index (χ4v) is 4.01. The molecule has 1 aromatic carbocycles. The van der Waals surface area contributed by atoms with Crippen molar-refractivity contribution in [1.29, 1.82) is 0 Å². The normalized spacial score (nSPS) is 17.2. The van der Waals surface area contributed by atoms with Gasteiger partial charge in [0, 0.05) is 32.2 Å². The molecule has 1 aliphatic carbocycles. The monoisotopic (exact) mass is 516 g/mol. The standard InChI is InChI=1S/C20H26F2N6.HI/c1-13-25-26-19(27(13)2)11-23-20(24-16-5-3-4-6-16)28-8-7-17-14(12-28)9-15(21)10-18(17)22;/h9-10,16H,3-8,11-12H2,1-2H3,(H,23,24);1H. The highest BCUT2D eigenvalue weighted by molar-refractivity contribution is 14.0. The minimum atomic E-state index is -0.532. The molecule has 6 nitrogen and oxygen atoms in total. The molecule has 29 heavy (non-hydrogen) atoms.